The average Bonchev–Trinajstić information content (AvgIpc) is 3.46. The van der Waals surface area contributed by atoms with Crippen LogP contribution in [-0.4, -0.2) is 33.3 Å². The number of hydrogen-bond acceptors (Lipinski definition) is 4. The predicted molar refractivity (Wildman–Crippen MR) is 102 cm³/mol. The summed E-state index contributed by atoms with van der Waals surface area (Å²) in [5.74, 6) is -0.630. The molecule has 2 amide bonds. The van der Waals surface area contributed by atoms with Gasteiger partial charge in [0, 0.05) is 29.9 Å². The second-order valence-corrected chi connectivity index (χ2v) is 8.20. The van der Waals surface area contributed by atoms with Crippen LogP contribution in [0.2, 0.25) is 0 Å². The first-order valence-electron chi connectivity index (χ1n) is 8.56. The van der Waals surface area contributed by atoms with Crippen molar-refractivity contribution in [2.24, 2.45) is 0 Å². The zero-order chi connectivity index (χ0) is 19.6. The molecule has 8 heteroatoms. The zero-order valence-corrected chi connectivity index (χ0v) is 15.9. The number of rotatable bonds is 6. The molecule has 1 saturated carbocycles. The molecule has 0 spiro atoms. The molecule has 3 N–H and O–H groups in total. The molecule has 0 aromatic heterocycles. The molecule has 2 aromatic carbocycles. The van der Waals surface area contributed by atoms with Crippen molar-refractivity contribution in [1.82, 2.24) is 10.0 Å². The Balaban J connectivity index is 1.76. The Bertz CT molecular complexity index is 981. The third kappa shape index (κ3) is 4.53. The summed E-state index contributed by atoms with van der Waals surface area (Å²) in [6.07, 6.45) is 1.71. The molecular weight excluding hydrogens is 366 g/mol. The van der Waals surface area contributed by atoms with Gasteiger partial charge in [-0.1, -0.05) is 6.07 Å². The minimum Gasteiger partial charge on any atom is -0.355 e. The number of amides is 2. The fourth-order valence-electron chi connectivity index (χ4n) is 2.51. The summed E-state index contributed by atoms with van der Waals surface area (Å²) < 4.78 is 27.0. The van der Waals surface area contributed by atoms with Crippen molar-refractivity contribution in [2.45, 2.75) is 30.7 Å². The van der Waals surface area contributed by atoms with Crippen LogP contribution < -0.4 is 15.4 Å². The first kappa shape index (κ1) is 19.1. The first-order chi connectivity index (χ1) is 12.8. The maximum atomic E-state index is 12.5. The van der Waals surface area contributed by atoms with E-state index in [1.54, 1.807) is 18.2 Å². The predicted octanol–water partition coefficient (Wildman–Crippen LogP) is 2.05. The maximum absolute atomic E-state index is 12.5. The lowest BCUT2D eigenvalue weighted by atomic mass is 10.1. The van der Waals surface area contributed by atoms with Gasteiger partial charge in [0.05, 0.1) is 4.90 Å². The van der Waals surface area contributed by atoms with Crippen molar-refractivity contribution < 1.29 is 18.0 Å². The van der Waals surface area contributed by atoms with Gasteiger partial charge in [-0.2, -0.15) is 0 Å². The van der Waals surface area contributed by atoms with Crippen LogP contribution in [0.1, 0.15) is 39.1 Å². The van der Waals surface area contributed by atoms with E-state index in [0.29, 0.717) is 16.8 Å². The second-order valence-electron chi connectivity index (χ2n) is 6.48. The Hall–Kier alpha value is -2.71. The summed E-state index contributed by atoms with van der Waals surface area (Å²) in [6, 6.07) is 10.8. The van der Waals surface area contributed by atoms with E-state index in [2.05, 4.69) is 15.4 Å². The Morgan fingerprint density at radius 3 is 2.19 bits per heavy atom. The second kappa shape index (κ2) is 7.50. The van der Waals surface area contributed by atoms with Gasteiger partial charge in [0.2, 0.25) is 10.0 Å². The lowest BCUT2D eigenvalue weighted by Crippen LogP contribution is -2.25. The normalized spacial score (nSPS) is 13.9. The number of anilines is 1. The van der Waals surface area contributed by atoms with Crippen molar-refractivity contribution in [2.75, 3.05) is 12.4 Å². The molecule has 0 unspecified atom stereocenters. The van der Waals surface area contributed by atoms with Crippen LogP contribution >= 0.6 is 0 Å². The number of aryl methyl sites for hydroxylation is 1. The van der Waals surface area contributed by atoms with Crippen molar-refractivity contribution in [3.63, 3.8) is 0 Å². The molecule has 142 valence electrons. The summed E-state index contributed by atoms with van der Waals surface area (Å²) in [4.78, 5) is 24.4. The van der Waals surface area contributed by atoms with Gasteiger partial charge in [-0.05, 0) is 61.7 Å². The van der Waals surface area contributed by atoms with E-state index in [9.17, 15) is 18.0 Å². The van der Waals surface area contributed by atoms with Crippen LogP contribution in [0.3, 0.4) is 0 Å². The molecule has 0 atom stereocenters. The molecule has 7 nitrogen and oxygen atoms in total. The molecule has 2 aromatic rings. The highest BCUT2D eigenvalue weighted by molar-refractivity contribution is 7.89. The molecule has 3 rings (SSSR count). The minimum atomic E-state index is -3.55. The summed E-state index contributed by atoms with van der Waals surface area (Å²) >= 11 is 0. The van der Waals surface area contributed by atoms with Crippen LogP contribution in [0.5, 0.6) is 0 Å². The monoisotopic (exact) mass is 387 g/mol. The Morgan fingerprint density at radius 2 is 1.59 bits per heavy atom. The standard InChI is InChI=1S/C19H21N3O4S/c1-12-3-4-14(18(23)20-2)11-17(12)21-19(24)13-5-9-16(10-6-13)27(25,26)22-15-7-8-15/h3-6,9-11,15,22H,7-8H2,1-2H3,(H,20,23)(H,21,24). The summed E-state index contributed by atoms with van der Waals surface area (Å²) in [6.45, 7) is 1.82. The molecule has 0 bridgehead atoms. The van der Waals surface area contributed by atoms with E-state index < -0.39 is 10.0 Å². The Labute approximate surface area is 158 Å². The van der Waals surface area contributed by atoms with Gasteiger partial charge >= 0.3 is 0 Å². The third-order valence-electron chi connectivity index (χ3n) is 4.30. The van der Waals surface area contributed by atoms with Gasteiger partial charge in [0.1, 0.15) is 0 Å². The third-order valence-corrected chi connectivity index (χ3v) is 5.84. The van der Waals surface area contributed by atoms with Gasteiger partial charge in [-0.25, -0.2) is 13.1 Å². The van der Waals surface area contributed by atoms with Crippen LogP contribution in [0.4, 0.5) is 5.69 Å². The number of benzene rings is 2. The zero-order valence-electron chi connectivity index (χ0n) is 15.1. The maximum Gasteiger partial charge on any atom is 0.255 e. The fraction of sp³-hybridized carbons (Fsp3) is 0.263. The minimum absolute atomic E-state index is 0.0218. The number of carbonyl (C=O) groups excluding carboxylic acids is 2. The lowest BCUT2D eigenvalue weighted by Gasteiger charge is -2.11. The van der Waals surface area contributed by atoms with Crippen LogP contribution in [-0.2, 0) is 10.0 Å². The van der Waals surface area contributed by atoms with E-state index >= 15 is 0 Å². The topological polar surface area (TPSA) is 104 Å². The number of nitrogens with one attached hydrogen (secondary N) is 3. The fourth-order valence-corrected chi connectivity index (χ4v) is 3.82. The van der Waals surface area contributed by atoms with Gasteiger partial charge in [0.15, 0.2) is 0 Å². The van der Waals surface area contributed by atoms with Crippen LogP contribution in [0.25, 0.3) is 0 Å². The molecule has 1 aliphatic carbocycles. The smallest absolute Gasteiger partial charge is 0.255 e. The van der Waals surface area contributed by atoms with Crippen molar-refractivity contribution in [3.05, 3.63) is 59.2 Å². The van der Waals surface area contributed by atoms with Crippen LogP contribution in [0.15, 0.2) is 47.4 Å². The molecule has 0 heterocycles. The van der Waals surface area contributed by atoms with E-state index in [4.69, 9.17) is 0 Å². The highest BCUT2D eigenvalue weighted by Crippen LogP contribution is 2.23. The molecule has 1 fully saturated rings. The van der Waals surface area contributed by atoms with E-state index in [0.717, 1.165) is 18.4 Å². The SMILES string of the molecule is CNC(=O)c1ccc(C)c(NC(=O)c2ccc(S(=O)(=O)NC3CC3)cc2)c1. The van der Waals surface area contributed by atoms with Gasteiger partial charge in [-0.3, -0.25) is 9.59 Å². The number of sulfonamides is 1. The lowest BCUT2D eigenvalue weighted by molar-refractivity contribution is 0.0961. The van der Waals surface area contributed by atoms with Gasteiger partial charge in [0.25, 0.3) is 11.8 Å². The molecule has 1 aliphatic rings. The molecule has 27 heavy (non-hydrogen) atoms. The van der Waals surface area contributed by atoms with Crippen LogP contribution in [0, 0.1) is 6.92 Å². The van der Waals surface area contributed by atoms with Crippen molar-refractivity contribution >= 4 is 27.5 Å². The molecule has 0 aliphatic heterocycles. The quantitative estimate of drug-likeness (QED) is 0.705. The van der Waals surface area contributed by atoms with Crippen molar-refractivity contribution in [3.8, 4) is 0 Å². The summed E-state index contributed by atoms with van der Waals surface area (Å²) in [5, 5.41) is 5.30. The Morgan fingerprint density at radius 1 is 0.963 bits per heavy atom. The summed E-state index contributed by atoms with van der Waals surface area (Å²) in [5.41, 5.74) is 2.09. The largest absolute Gasteiger partial charge is 0.355 e. The number of carbonyl (C=O) groups is 2. The Kier molecular flexibility index (Phi) is 5.29. The van der Waals surface area contributed by atoms with E-state index in [1.165, 1.54) is 31.3 Å². The van der Waals surface area contributed by atoms with E-state index in [1.807, 2.05) is 6.92 Å². The van der Waals surface area contributed by atoms with Crippen molar-refractivity contribution in [1.29, 1.82) is 0 Å². The first-order valence-corrected chi connectivity index (χ1v) is 10.0. The molecule has 0 radical (unpaired) electrons. The average molecular weight is 387 g/mol. The highest BCUT2D eigenvalue weighted by Gasteiger charge is 2.28. The van der Waals surface area contributed by atoms with E-state index in [-0.39, 0.29) is 22.8 Å². The summed E-state index contributed by atoms with van der Waals surface area (Å²) in [7, 11) is -2.01. The molecular formula is C19H21N3O4S. The highest BCUT2D eigenvalue weighted by atomic mass is 32.2. The number of hydrogen-bond donors (Lipinski definition) is 3. The van der Waals surface area contributed by atoms with Gasteiger partial charge < -0.3 is 10.6 Å². The van der Waals surface area contributed by atoms with Gasteiger partial charge in [-0.15, -0.1) is 0 Å². The molecule has 0 saturated heterocycles.